The molecule has 0 spiro atoms. The first-order valence-electron chi connectivity index (χ1n) is 7.18. The third-order valence-corrected chi connectivity index (χ3v) is 3.24. The number of rotatable bonds is 5. The molecule has 116 valence electrons. The number of H-pyrrole nitrogens is 1. The van der Waals surface area contributed by atoms with Gasteiger partial charge in [-0.3, -0.25) is 0 Å². The molecule has 0 bridgehead atoms. The number of hydrogen-bond donors (Lipinski definition) is 2. The highest BCUT2D eigenvalue weighted by molar-refractivity contribution is 5.58. The molecule has 0 saturated heterocycles. The second-order valence-electron chi connectivity index (χ2n) is 5.00. The number of ether oxygens (including phenoxy) is 1. The SMILES string of the molecule is Cc1n[nH]c(=O)nc1Nc1ccc(OCc2ccccc2)cc1. The molecule has 2 aromatic carbocycles. The van der Waals surface area contributed by atoms with E-state index >= 15 is 0 Å². The zero-order valence-electron chi connectivity index (χ0n) is 12.6. The summed E-state index contributed by atoms with van der Waals surface area (Å²) in [6.45, 7) is 2.29. The lowest BCUT2D eigenvalue weighted by molar-refractivity contribution is 0.306. The van der Waals surface area contributed by atoms with Crippen molar-refractivity contribution in [1.29, 1.82) is 0 Å². The van der Waals surface area contributed by atoms with Crippen LogP contribution in [-0.4, -0.2) is 15.2 Å². The standard InChI is InChI=1S/C17H16N4O2/c1-12-16(19-17(22)21-20-12)18-14-7-9-15(10-8-14)23-11-13-5-3-2-4-6-13/h2-10H,11H2,1H3,(H2,18,19,21,22). The highest BCUT2D eigenvalue weighted by Crippen LogP contribution is 2.20. The average molecular weight is 308 g/mol. The largest absolute Gasteiger partial charge is 0.489 e. The number of hydrogen-bond acceptors (Lipinski definition) is 5. The first-order valence-corrected chi connectivity index (χ1v) is 7.18. The maximum absolute atomic E-state index is 11.2. The summed E-state index contributed by atoms with van der Waals surface area (Å²) in [5.41, 5.74) is 2.05. The Balaban J connectivity index is 1.65. The van der Waals surface area contributed by atoms with E-state index in [9.17, 15) is 4.79 Å². The number of benzene rings is 2. The minimum atomic E-state index is -0.485. The van der Waals surface area contributed by atoms with Crippen LogP contribution in [0.25, 0.3) is 0 Å². The van der Waals surface area contributed by atoms with Crippen LogP contribution >= 0.6 is 0 Å². The summed E-state index contributed by atoms with van der Waals surface area (Å²) in [5, 5.41) is 9.22. The predicted octanol–water partition coefficient (Wildman–Crippen LogP) is 2.80. The number of nitrogens with zero attached hydrogens (tertiary/aromatic N) is 2. The Morgan fingerprint density at radius 1 is 1.09 bits per heavy atom. The van der Waals surface area contributed by atoms with Gasteiger partial charge >= 0.3 is 5.69 Å². The van der Waals surface area contributed by atoms with Crippen LogP contribution in [0.15, 0.2) is 59.4 Å². The van der Waals surface area contributed by atoms with Crippen LogP contribution in [0.1, 0.15) is 11.3 Å². The van der Waals surface area contributed by atoms with Crippen molar-refractivity contribution >= 4 is 11.5 Å². The average Bonchev–Trinajstić information content (AvgIpc) is 2.58. The minimum Gasteiger partial charge on any atom is -0.489 e. The molecule has 6 heteroatoms. The van der Waals surface area contributed by atoms with Gasteiger partial charge in [-0.05, 0) is 36.8 Å². The van der Waals surface area contributed by atoms with Gasteiger partial charge in [0.2, 0.25) is 0 Å². The predicted molar refractivity (Wildman–Crippen MR) is 87.9 cm³/mol. The van der Waals surface area contributed by atoms with E-state index in [0.29, 0.717) is 18.1 Å². The summed E-state index contributed by atoms with van der Waals surface area (Å²) < 4.78 is 5.73. The third-order valence-electron chi connectivity index (χ3n) is 3.24. The number of aryl methyl sites for hydroxylation is 1. The molecule has 0 unspecified atom stereocenters. The van der Waals surface area contributed by atoms with Gasteiger partial charge in [0.05, 0.1) is 0 Å². The fraction of sp³-hybridized carbons (Fsp3) is 0.118. The molecule has 0 fully saturated rings. The summed E-state index contributed by atoms with van der Waals surface area (Å²) in [6, 6.07) is 17.4. The summed E-state index contributed by atoms with van der Waals surface area (Å²) in [7, 11) is 0. The molecule has 3 aromatic rings. The second-order valence-corrected chi connectivity index (χ2v) is 5.00. The van der Waals surface area contributed by atoms with Gasteiger partial charge in [-0.25, -0.2) is 9.89 Å². The number of anilines is 2. The topological polar surface area (TPSA) is 79.9 Å². The Morgan fingerprint density at radius 2 is 1.83 bits per heavy atom. The van der Waals surface area contributed by atoms with Crippen LogP contribution in [-0.2, 0) is 6.61 Å². The van der Waals surface area contributed by atoms with E-state index < -0.39 is 5.69 Å². The van der Waals surface area contributed by atoms with E-state index in [0.717, 1.165) is 17.0 Å². The third kappa shape index (κ3) is 3.94. The van der Waals surface area contributed by atoms with Crippen molar-refractivity contribution in [3.05, 3.63) is 76.3 Å². The van der Waals surface area contributed by atoms with Crippen LogP contribution in [0, 0.1) is 6.92 Å². The van der Waals surface area contributed by atoms with Gasteiger partial charge in [-0.15, -0.1) is 0 Å². The monoisotopic (exact) mass is 308 g/mol. The van der Waals surface area contributed by atoms with Crippen molar-refractivity contribution in [3.8, 4) is 5.75 Å². The van der Waals surface area contributed by atoms with Crippen molar-refractivity contribution in [2.75, 3.05) is 5.32 Å². The van der Waals surface area contributed by atoms with Gasteiger partial charge in [0.1, 0.15) is 18.1 Å². The lowest BCUT2D eigenvalue weighted by Crippen LogP contribution is -2.15. The van der Waals surface area contributed by atoms with Crippen LogP contribution in [0.2, 0.25) is 0 Å². The molecule has 0 aliphatic carbocycles. The molecule has 23 heavy (non-hydrogen) atoms. The van der Waals surface area contributed by atoms with Crippen LogP contribution < -0.4 is 15.7 Å². The molecule has 3 rings (SSSR count). The Morgan fingerprint density at radius 3 is 2.57 bits per heavy atom. The Kier molecular flexibility index (Phi) is 4.33. The van der Waals surface area contributed by atoms with Gasteiger partial charge in [0.25, 0.3) is 0 Å². The lowest BCUT2D eigenvalue weighted by Gasteiger charge is -2.09. The molecule has 1 aromatic heterocycles. The van der Waals surface area contributed by atoms with Crippen molar-refractivity contribution in [1.82, 2.24) is 15.2 Å². The van der Waals surface area contributed by atoms with E-state index in [1.54, 1.807) is 6.92 Å². The molecule has 2 N–H and O–H groups in total. The summed E-state index contributed by atoms with van der Waals surface area (Å²) in [6.07, 6.45) is 0. The number of aromatic nitrogens is 3. The fourth-order valence-electron chi connectivity index (χ4n) is 2.02. The Hall–Kier alpha value is -3.15. The van der Waals surface area contributed by atoms with Gasteiger partial charge in [0.15, 0.2) is 5.82 Å². The van der Waals surface area contributed by atoms with E-state index in [1.165, 1.54) is 0 Å². The van der Waals surface area contributed by atoms with Crippen LogP contribution in [0.5, 0.6) is 5.75 Å². The molecular weight excluding hydrogens is 292 g/mol. The van der Waals surface area contributed by atoms with Crippen molar-refractivity contribution in [2.24, 2.45) is 0 Å². The smallest absolute Gasteiger partial charge is 0.363 e. The molecule has 0 aliphatic rings. The van der Waals surface area contributed by atoms with Crippen LogP contribution in [0.4, 0.5) is 11.5 Å². The van der Waals surface area contributed by atoms with E-state index in [4.69, 9.17) is 4.74 Å². The van der Waals surface area contributed by atoms with E-state index in [-0.39, 0.29) is 0 Å². The van der Waals surface area contributed by atoms with Crippen molar-refractivity contribution < 1.29 is 4.74 Å². The van der Waals surface area contributed by atoms with E-state index in [2.05, 4.69) is 20.5 Å². The highest BCUT2D eigenvalue weighted by Gasteiger charge is 2.03. The minimum absolute atomic E-state index is 0.437. The Bertz CT molecular complexity index is 829. The summed E-state index contributed by atoms with van der Waals surface area (Å²) in [5.74, 6) is 1.21. The van der Waals surface area contributed by atoms with Gasteiger partial charge in [0, 0.05) is 5.69 Å². The zero-order valence-corrected chi connectivity index (χ0v) is 12.6. The summed E-state index contributed by atoms with van der Waals surface area (Å²) in [4.78, 5) is 15.1. The maximum atomic E-state index is 11.2. The molecule has 0 saturated carbocycles. The van der Waals surface area contributed by atoms with Gasteiger partial charge < -0.3 is 10.1 Å². The molecule has 0 radical (unpaired) electrons. The summed E-state index contributed by atoms with van der Waals surface area (Å²) >= 11 is 0. The molecular formula is C17H16N4O2. The normalized spacial score (nSPS) is 10.3. The second kappa shape index (κ2) is 6.74. The molecule has 1 heterocycles. The van der Waals surface area contributed by atoms with Crippen molar-refractivity contribution in [2.45, 2.75) is 13.5 Å². The molecule has 0 amide bonds. The molecule has 6 nitrogen and oxygen atoms in total. The first kappa shape index (κ1) is 14.8. The molecule has 0 atom stereocenters. The lowest BCUT2D eigenvalue weighted by atomic mass is 10.2. The zero-order chi connectivity index (χ0) is 16.1. The number of nitrogens with one attached hydrogen (secondary N) is 2. The quantitative estimate of drug-likeness (QED) is 0.757. The Labute approximate surface area is 133 Å². The van der Waals surface area contributed by atoms with Crippen molar-refractivity contribution in [3.63, 3.8) is 0 Å². The van der Waals surface area contributed by atoms with Gasteiger partial charge in [-0.2, -0.15) is 10.1 Å². The fourth-order valence-corrected chi connectivity index (χ4v) is 2.02. The van der Waals surface area contributed by atoms with Crippen LogP contribution in [0.3, 0.4) is 0 Å². The van der Waals surface area contributed by atoms with Gasteiger partial charge in [-0.1, -0.05) is 30.3 Å². The first-order chi connectivity index (χ1) is 11.2. The molecule has 0 aliphatic heterocycles. The maximum Gasteiger partial charge on any atom is 0.363 e. The van der Waals surface area contributed by atoms with E-state index in [1.807, 2.05) is 54.6 Å². The number of aromatic amines is 1. The highest BCUT2D eigenvalue weighted by atomic mass is 16.5.